The average molecular weight is 335 g/mol. The lowest BCUT2D eigenvalue weighted by Gasteiger charge is -2.23. The topological polar surface area (TPSA) is 69.7 Å². The molecule has 7 heteroatoms. The minimum Gasteiger partial charge on any atom is -0.461 e. The zero-order valence-electron chi connectivity index (χ0n) is 12.5. The van der Waals surface area contributed by atoms with Gasteiger partial charge in [0.25, 0.3) is 0 Å². The summed E-state index contributed by atoms with van der Waals surface area (Å²) in [5, 5.41) is 0. The molecule has 1 rings (SSSR count). The summed E-state index contributed by atoms with van der Waals surface area (Å²) in [4.78, 5) is 12.1. The summed E-state index contributed by atoms with van der Waals surface area (Å²) in [7, 11) is 0.952. The molecular weight excluding hydrogens is 316 g/mol. The van der Waals surface area contributed by atoms with Crippen LogP contribution in [0.25, 0.3) is 0 Å². The second-order valence-corrected chi connectivity index (χ2v) is 7.82. The monoisotopic (exact) mass is 334 g/mol. The quantitative estimate of drug-likeness (QED) is 0.591. The Bertz CT molecular complexity index is 602. The smallest absolute Gasteiger partial charge is 0.355 e. The first-order valence-corrected chi connectivity index (χ1v) is 8.58. The Kier molecular flexibility index (Phi) is 5.78. The van der Waals surface area contributed by atoms with Crippen LogP contribution in [0, 0.1) is 19.3 Å². The SMILES string of the molecule is Cc1cccc(C)c1C(=O)OCC(C)(C)COS(=O)(=O)Cl. The van der Waals surface area contributed by atoms with Crippen molar-refractivity contribution in [2.24, 2.45) is 5.41 Å². The highest BCUT2D eigenvalue weighted by Gasteiger charge is 2.25. The molecule has 0 aliphatic heterocycles. The summed E-state index contributed by atoms with van der Waals surface area (Å²) >= 11 is 0. The third-order valence-corrected chi connectivity index (χ3v) is 3.54. The number of carbonyl (C=O) groups excluding carboxylic acids is 1. The van der Waals surface area contributed by atoms with Crippen LogP contribution in [0.1, 0.15) is 35.3 Å². The van der Waals surface area contributed by atoms with Crippen LogP contribution >= 0.6 is 10.7 Å². The molecule has 1 aromatic rings. The molecule has 0 aliphatic rings. The van der Waals surface area contributed by atoms with Gasteiger partial charge < -0.3 is 4.74 Å². The predicted molar refractivity (Wildman–Crippen MR) is 80.7 cm³/mol. The Labute approximate surface area is 129 Å². The maximum atomic E-state index is 12.1. The van der Waals surface area contributed by atoms with Crippen LogP contribution in [0.2, 0.25) is 0 Å². The lowest BCUT2D eigenvalue weighted by Crippen LogP contribution is -2.28. The predicted octanol–water partition coefficient (Wildman–Crippen LogP) is 2.99. The summed E-state index contributed by atoms with van der Waals surface area (Å²) in [5.74, 6) is -0.438. The Hall–Kier alpha value is -1.11. The van der Waals surface area contributed by atoms with E-state index in [4.69, 9.17) is 15.4 Å². The molecule has 118 valence electrons. The van der Waals surface area contributed by atoms with Crippen LogP contribution < -0.4 is 0 Å². The summed E-state index contributed by atoms with van der Waals surface area (Å²) in [6.45, 7) is 6.95. The van der Waals surface area contributed by atoms with E-state index in [9.17, 15) is 13.2 Å². The second-order valence-electron chi connectivity index (χ2n) is 5.66. The molecule has 0 aromatic heterocycles. The Balaban J connectivity index is 2.68. The minimum atomic E-state index is -4.03. The van der Waals surface area contributed by atoms with E-state index in [0.717, 1.165) is 11.1 Å². The van der Waals surface area contributed by atoms with Crippen molar-refractivity contribution in [1.29, 1.82) is 0 Å². The standard InChI is InChI=1S/C14H19ClO5S/c1-10-6-5-7-11(2)12(10)13(16)19-8-14(3,4)9-20-21(15,17)18/h5-7H,8-9H2,1-4H3. The van der Waals surface area contributed by atoms with Gasteiger partial charge in [0.15, 0.2) is 0 Å². The number of esters is 1. The van der Waals surface area contributed by atoms with Crippen LogP contribution in [0.5, 0.6) is 0 Å². The number of ether oxygens (including phenoxy) is 1. The van der Waals surface area contributed by atoms with Crippen molar-refractivity contribution in [3.8, 4) is 0 Å². The molecule has 0 saturated carbocycles. The molecule has 5 nitrogen and oxygen atoms in total. The van der Waals surface area contributed by atoms with E-state index in [1.54, 1.807) is 13.8 Å². The van der Waals surface area contributed by atoms with Gasteiger partial charge >= 0.3 is 15.3 Å². The normalized spacial score (nSPS) is 12.2. The van der Waals surface area contributed by atoms with E-state index >= 15 is 0 Å². The molecule has 0 radical (unpaired) electrons. The van der Waals surface area contributed by atoms with E-state index in [1.807, 2.05) is 32.0 Å². The van der Waals surface area contributed by atoms with E-state index in [-0.39, 0.29) is 13.2 Å². The van der Waals surface area contributed by atoms with E-state index in [1.165, 1.54) is 0 Å². The number of benzene rings is 1. The summed E-state index contributed by atoms with van der Waals surface area (Å²) in [6, 6.07) is 5.53. The van der Waals surface area contributed by atoms with Gasteiger partial charge in [-0.2, -0.15) is 8.42 Å². The molecule has 0 N–H and O–H groups in total. The summed E-state index contributed by atoms with van der Waals surface area (Å²) in [6.07, 6.45) is 0. The molecule has 1 aromatic carbocycles. The lowest BCUT2D eigenvalue weighted by atomic mass is 9.96. The number of aryl methyl sites for hydroxylation is 2. The second kappa shape index (κ2) is 6.77. The zero-order valence-corrected chi connectivity index (χ0v) is 14.0. The first-order valence-electron chi connectivity index (χ1n) is 6.34. The maximum Gasteiger partial charge on any atom is 0.355 e. The first kappa shape index (κ1) is 17.9. The first-order chi connectivity index (χ1) is 9.52. The van der Waals surface area contributed by atoms with Crippen LogP contribution in [-0.4, -0.2) is 27.6 Å². The Morgan fingerprint density at radius 3 is 2.19 bits per heavy atom. The van der Waals surface area contributed by atoms with Crippen molar-refractivity contribution in [3.63, 3.8) is 0 Å². The molecule has 0 fully saturated rings. The van der Waals surface area contributed by atoms with Crippen molar-refractivity contribution in [1.82, 2.24) is 0 Å². The number of hydrogen-bond acceptors (Lipinski definition) is 5. The molecule has 21 heavy (non-hydrogen) atoms. The highest BCUT2D eigenvalue weighted by atomic mass is 35.7. The summed E-state index contributed by atoms with van der Waals surface area (Å²) < 4.78 is 31.3. The van der Waals surface area contributed by atoms with Crippen LogP contribution in [-0.2, 0) is 18.3 Å². The Morgan fingerprint density at radius 2 is 1.71 bits per heavy atom. The molecule has 0 heterocycles. The van der Waals surface area contributed by atoms with Gasteiger partial charge in [0.2, 0.25) is 0 Å². The third-order valence-electron chi connectivity index (χ3n) is 2.87. The molecule has 0 aliphatic carbocycles. The Morgan fingerprint density at radius 1 is 1.19 bits per heavy atom. The van der Waals surface area contributed by atoms with Crippen molar-refractivity contribution in [2.75, 3.05) is 13.2 Å². The van der Waals surface area contributed by atoms with Crippen LogP contribution in [0.15, 0.2) is 18.2 Å². The molecular formula is C14H19ClO5S. The number of carbonyl (C=O) groups is 1. The fourth-order valence-corrected chi connectivity index (χ4v) is 2.33. The van der Waals surface area contributed by atoms with E-state index in [0.29, 0.717) is 5.56 Å². The van der Waals surface area contributed by atoms with Crippen molar-refractivity contribution < 1.29 is 22.1 Å². The van der Waals surface area contributed by atoms with Gasteiger partial charge in [-0.15, -0.1) is 0 Å². The minimum absolute atomic E-state index is 0.0199. The number of hydrogen-bond donors (Lipinski definition) is 0. The van der Waals surface area contributed by atoms with E-state index in [2.05, 4.69) is 4.18 Å². The van der Waals surface area contributed by atoms with Gasteiger partial charge in [0, 0.05) is 16.1 Å². The van der Waals surface area contributed by atoms with Gasteiger partial charge in [-0.1, -0.05) is 32.0 Å². The van der Waals surface area contributed by atoms with Gasteiger partial charge in [-0.25, -0.2) is 4.79 Å². The average Bonchev–Trinajstić information content (AvgIpc) is 2.33. The van der Waals surface area contributed by atoms with Gasteiger partial charge in [-0.3, -0.25) is 4.18 Å². The fourth-order valence-electron chi connectivity index (χ4n) is 1.74. The van der Waals surface area contributed by atoms with Crippen molar-refractivity contribution in [2.45, 2.75) is 27.7 Å². The highest BCUT2D eigenvalue weighted by Crippen LogP contribution is 2.20. The number of rotatable bonds is 6. The van der Waals surface area contributed by atoms with Crippen molar-refractivity contribution >= 4 is 26.0 Å². The van der Waals surface area contributed by atoms with Crippen LogP contribution in [0.4, 0.5) is 0 Å². The molecule has 0 bridgehead atoms. The highest BCUT2D eigenvalue weighted by molar-refractivity contribution is 8.09. The van der Waals surface area contributed by atoms with Crippen molar-refractivity contribution in [3.05, 3.63) is 34.9 Å². The maximum absolute atomic E-state index is 12.1. The van der Waals surface area contributed by atoms with Gasteiger partial charge in [0.05, 0.1) is 18.8 Å². The number of halogens is 1. The van der Waals surface area contributed by atoms with Gasteiger partial charge in [-0.05, 0) is 25.0 Å². The molecule has 0 amide bonds. The molecule has 0 unspecified atom stereocenters. The van der Waals surface area contributed by atoms with E-state index < -0.39 is 20.7 Å². The summed E-state index contributed by atoms with van der Waals surface area (Å²) in [5.41, 5.74) is 1.52. The zero-order chi connectivity index (χ0) is 16.3. The van der Waals surface area contributed by atoms with Gasteiger partial charge in [0.1, 0.15) is 0 Å². The van der Waals surface area contributed by atoms with Crippen LogP contribution in [0.3, 0.4) is 0 Å². The molecule has 0 atom stereocenters. The molecule has 0 saturated heterocycles. The lowest BCUT2D eigenvalue weighted by molar-refractivity contribution is 0.0256. The third kappa shape index (κ3) is 6.03. The largest absolute Gasteiger partial charge is 0.461 e. The molecule has 0 spiro atoms. The fraction of sp³-hybridized carbons (Fsp3) is 0.500.